The van der Waals surface area contributed by atoms with Crippen LogP contribution in [0, 0.1) is 5.82 Å². The zero-order valence-corrected chi connectivity index (χ0v) is 12.2. The minimum absolute atomic E-state index is 0.132. The maximum absolute atomic E-state index is 13.4. The Morgan fingerprint density at radius 1 is 1.30 bits per heavy atom. The molecule has 1 aromatic rings. The van der Waals surface area contributed by atoms with Crippen LogP contribution in [0.15, 0.2) is 24.3 Å². The van der Waals surface area contributed by atoms with Crippen molar-refractivity contribution in [1.29, 1.82) is 0 Å². The molecular weight excluding hydrogens is 257 g/mol. The molecule has 1 saturated carbocycles. The summed E-state index contributed by atoms with van der Waals surface area (Å²) >= 11 is 0. The van der Waals surface area contributed by atoms with E-state index >= 15 is 0 Å². The highest BCUT2D eigenvalue weighted by Crippen LogP contribution is 2.30. The van der Waals surface area contributed by atoms with Crippen molar-refractivity contribution in [3.05, 3.63) is 35.6 Å². The minimum Gasteiger partial charge on any atom is -0.381 e. The van der Waals surface area contributed by atoms with Crippen molar-refractivity contribution in [3.63, 3.8) is 0 Å². The first-order valence-electron chi connectivity index (χ1n) is 7.29. The van der Waals surface area contributed by atoms with Gasteiger partial charge in [0.05, 0.1) is 18.3 Å². The summed E-state index contributed by atoms with van der Waals surface area (Å²) in [6, 6.07) is 6.32. The van der Waals surface area contributed by atoms with Gasteiger partial charge in [-0.2, -0.15) is 0 Å². The largest absolute Gasteiger partial charge is 0.381 e. The fourth-order valence-corrected chi connectivity index (χ4v) is 2.84. The van der Waals surface area contributed by atoms with Crippen LogP contribution in [0.1, 0.15) is 44.3 Å². The van der Waals surface area contributed by atoms with Crippen LogP contribution in [-0.2, 0) is 9.47 Å². The predicted molar refractivity (Wildman–Crippen MR) is 76.9 cm³/mol. The molecule has 3 nitrogen and oxygen atoms in total. The van der Waals surface area contributed by atoms with Gasteiger partial charge in [0.15, 0.2) is 0 Å². The number of hydrogen-bond donors (Lipinski definition) is 1. The first kappa shape index (κ1) is 15.4. The molecule has 0 radical (unpaired) electrons. The predicted octanol–water partition coefficient (Wildman–Crippen LogP) is 3.19. The van der Waals surface area contributed by atoms with Gasteiger partial charge in [-0.05, 0) is 50.3 Å². The van der Waals surface area contributed by atoms with Crippen LogP contribution in [0.4, 0.5) is 4.39 Å². The summed E-state index contributed by atoms with van der Waals surface area (Å²) in [5.41, 5.74) is 6.83. The molecule has 1 fully saturated rings. The highest BCUT2D eigenvalue weighted by Gasteiger charge is 2.27. The Bertz CT molecular complexity index is 425. The molecule has 0 bridgehead atoms. The van der Waals surface area contributed by atoms with E-state index in [2.05, 4.69) is 0 Å². The molecule has 4 heteroatoms. The van der Waals surface area contributed by atoms with Crippen molar-refractivity contribution in [3.8, 4) is 0 Å². The summed E-state index contributed by atoms with van der Waals surface area (Å²) in [6.45, 7) is 1.90. The summed E-state index contributed by atoms with van der Waals surface area (Å²) in [6.07, 6.45) is 4.19. The molecule has 0 heterocycles. The molecular formula is C16H24FNO2. The zero-order chi connectivity index (χ0) is 14.5. The van der Waals surface area contributed by atoms with Crippen molar-refractivity contribution in [2.45, 2.75) is 57.0 Å². The number of halogens is 1. The molecule has 20 heavy (non-hydrogen) atoms. The molecule has 4 unspecified atom stereocenters. The van der Waals surface area contributed by atoms with E-state index in [9.17, 15) is 4.39 Å². The zero-order valence-electron chi connectivity index (χ0n) is 12.2. The molecule has 2 rings (SSSR count). The molecule has 0 spiro atoms. The number of benzene rings is 1. The van der Waals surface area contributed by atoms with Gasteiger partial charge >= 0.3 is 0 Å². The smallest absolute Gasteiger partial charge is 0.123 e. The SMILES string of the molecule is COC1CCCC(OC(c2cccc(F)c2)C(C)N)C1. The summed E-state index contributed by atoms with van der Waals surface area (Å²) in [7, 11) is 1.74. The summed E-state index contributed by atoms with van der Waals surface area (Å²) in [5.74, 6) is -0.254. The molecule has 1 aliphatic carbocycles. The van der Waals surface area contributed by atoms with Crippen LogP contribution in [0.25, 0.3) is 0 Å². The molecule has 4 atom stereocenters. The van der Waals surface area contributed by atoms with Gasteiger partial charge < -0.3 is 15.2 Å². The molecule has 0 saturated heterocycles. The highest BCUT2D eigenvalue weighted by atomic mass is 19.1. The maximum Gasteiger partial charge on any atom is 0.123 e. The number of nitrogens with two attached hydrogens (primary N) is 1. The normalized spacial score (nSPS) is 26.2. The lowest BCUT2D eigenvalue weighted by molar-refractivity contribution is -0.0726. The average molecular weight is 281 g/mol. The Balaban J connectivity index is 2.06. The molecule has 0 aromatic heterocycles. The topological polar surface area (TPSA) is 44.5 Å². The molecule has 0 amide bonds. The third-order valence-corrected chi connectivity index (χ3v) is 3.91. The van der Waals surface area contributed by atoms with Gasteiger partial charge in [-0.3, -0.25) is 0 Å². The van der Waals surface area contributed by atoms with Crippen molar-refractivity contribution in [2.75, 3.05) is 7.11 Å². The van der Waals surface area contributed by atoms with E-state index in [4.69, 9.17) is 15.2 Å². The van der Waals surface area contributed by atoms with E-state index in [1.54, 1.807) is 13.2 Å². The van der Waals surface area contributed by atoms with E-state index in [0.717, 1.165) is 31.2 Å². The summed E-state index contributed by atoms with van der Waals surface area (Å²) in [5, 5.41) is 0. The Hall–Kier alpha value is -0.970. The minimum atomic E-state index is -0.272. The van der Waals surface area contributed by atoms with Gasteiger partial charge in [0.1, 0.15) is 5.82 Å². The number of rotatable bonds is 5. The van der Waals surface area contributed by atoms with Crippen LogP contribution in [0.5, 0.6) is 0 Å². The van der Waals surface area contributed by atoms with Crippen molar-refractivity contribution >= 4 is 0 Å². The first-order valence-corrected chi connectivity index (χ1v) is 7.29. The summed E-state index contributed by atoms with van der Waals surface area (Å²) < 4.78 is 24.9. The fourth-order valence-electron chi connectivity index (χ4n) is 2.84. The molecule has 0 aliphatic heterocycles. The summed E-state index contributed by atoms with van der Waals surface area (Å²) in [4.78, 5) is 0. The Kier molecular flexibility index (Phi) is 5.52. The van der Waals surface area contributed by atoms with Crippen molar-refractivity contribution < 1.29 is 13.9 Å². The molecule has 2 N–H and O–H groups in total. The van der Waals surface area contributed by atoms with Crippen LogP contribution in [-0.4, -0.2) is 25.4 Å². The van der Waals surface area contributed by atoms with Gasteiger partial charge in [-0.25, -0.2) is 4.39 Å². The van der Waals surface area contributed by atoms with Gasteiger partial charge in [0.2, 0.25) is 0 Å². The lowest BCUT2D eigenvalue weighted by Crippen LogP contribution is -2.34. The Morgan fingerprint density at radius 2 is 2.05 bits per heavy atom. The second-order valence-electron chi connectivity index (χ2n) is 5.62. The van der Waals surface area contributed by atoms with Gasteiger partial charge in [-0.1, -0.05) is 12.1 Å². The van der Waals surface area contributed by atoms with Crippen LogP contribution in [0.2, 0.25) is 0 Å². The van der Waals surface area contributed by atoms with E-state index in [-0.39, 0.29) is 30.2 Å². The van der Waals surface area contributed by atoms with Crippen molar-refractivity contribution in [1.82, 2.24) is 0 Å². The lowest BCUT2D eigenvalue weighted by Gasteiger charge is -2.33. The number of methoxy groups -OCH3 is 1. The third kappa shape index (κ3) is 4.01. The Morgan fingerprint density at radius 3 is 2.70 bits per heavy atom. The third-order valence-electron chi connectivity index (χ3n) is 3.91. The monoisotopic (exact) mass is 281 g/mol. The fraction of sp³-hybridized carbons (Fsp3) is 0.625. The second-order valence-corrected chi connectivity index (χ2v) is 5.62. The molecule has 1 aliphatic rings. The van der Waals surface area contributed by atoms with Crippen LogP contribution >= 0.6 is 0 Å². The average Bonchev–Trinajstić information content (AvgIpc) is 2.44. The first-order chi connectivity index (χ1) is 9.60. The quantitative estimate of drug-likeness (QED) is 0.901. The van der Waals surface area contributed by atoms with E-state index < -0.39 is 0 Å². The van der Waals surface area contributed by atoms with E-state index in [1.807, 2.05) is 13.0 Å². The maximum atomic E-state index is 13.4. The number of ether oxygens (including phenoxy) is 2. The van der Waals surface area contributed by atoms with Gasteiger partial charge in [-0.15, -0.1) is 0 Å². The standard InChI is InChI=1S/C16H24FNO2/c1-11(18)16(12-5-3-6-13(17)9-12)20-15-8-4-7-14(10-15)19-2/h3,5-6,9,11,14-16H,4,7-8,10,18H2,1-2H3. The van der Waals surface area contributed by atoms with E-state index in [1.165, 1.54) is 12.1 Å². The molecule has 1 aromatic carbocycles. The van der Waals surface area contributed by atoms with Gasteiger partial charge in [0.25, 0.3) is 0 Å². The Labute approximate surface area is 120 Å². The van der Waals surface area contributed by atoms with Gasteiger partial charge in [0, 0.05) is 13.2 Å². The second kappa shape index (κ2) is 7.16. The van der Waals surface area contributed by atoms with E-state index in [0.29, 0.717) is 0 Å². The highest BCUT2D eigenvalue weighted by molar-refractivity contribution is 5.20. The van der Waals surface area contributed by atoms with Crippen molar-refractivity contribution in [2.24, 2.45) is 5.73 Å². The lowest BCUT2D eigenvalue weighted by atomic mass is 9.94. The van der Waals surface area contributed by atoms with Crippen LogP contribution in [0.3, 0.4) is 0 Å². The molecule has 112 valence electrons. The van der Waals surface area contributed by atoms with Crippen LogP contribution < -0.4 is 5.73 Å². The number of hydrogen-bond acceptors (Lipinski definition) is 3.